The van der Waals surface area contributed by atoms with Crippen LogP contribution < -0.4 is 11.1 Å². The maximum absolute atomic E-state index is 12.1. The summed E-state index contributed by atoms with van der Waals surface area (Å²) in [6.07, 6.45) is 10.7. The standard InChI is InChI=1S/C14H24N4O/c1-11(4-3-7-15)14(19)17-12-5-2-6-13(12)18-9-8-16-10-18/h8-13H,2-7,15H2,1H3,(H,17,19). The molecule has 0 spiro atoms. The Hall–Kier alpha value is -1.36. The third kappa shape index (κ3) is 3.56. The van der Waals surface area contributed by atoms with Crippen LogP contribution in [0.3, 0.4) is 0 Å². The van der Waals surface area contributed by atoms with E-state index in [0.717, 1.165) is 32.1 Å². The number of nitrogens with one attached hydrogen (secondary N) is 1. The number of imidazole rings is 1. The Morgan fingerprint density at radius 1 is 1.58 bits per heavy atom. The van der Waals surface area contributed by atoms with Crippen LogP contribution in [-0.4, -0.2) is 28.0 Å². The first-order valence-corrected chi connectivity index (χ1v) is 7.20. The molecule has 1 fully saturated rings. The summed E-state index contributed by atoms with van der Waals surface area (Å²) in [7, 11) is 0. The summed E-state index contributed by atoms with van der Waals surface area (Å²) in [6.45, 7) is 2.63. The van der Waals surface area contributed by atoms with Gasteiger partial charge < -0.3 is 15.6 Å². The van der Waals surface area contributed by atoms with Crippen LogP contribution in [0.5, 0.6) is 0 Å². The van der Waals surface area contributed by atoms with Crippen molar-refractivity contribution in [2.75, 3.05) is 6.54 Å². The number of aromatic nitrogens is 2. The Morgan fingerprint density at radius 3 is 3.11 bits per heavy atom. The van der Waals surface area contributed by atoms with Gasteiger partial charge in [-0.3, -0.25) is 4.79 Å². The molecule has 3 N–H and O–H groups in total. The summed E-state index contributed by atoms with van der Waals surface area (Å²) in [5.41, 5.74) is 5.48. The Labute approximate surface area is 114 Å². The average Bonchev–Trinajstić information content (AvgIpc) is 3.05. The van der Waals surface area contributed by atoms with Gasteiger partial charge in [0.05, 0.1) is 12.4 Å². The molecule has 1 aromatic rings. The molecule has 0 aromatic carbocycles. The fourth-order valence-electron chi connectivity index (χ4n) is 2.81. The molecule has 0 aliphatic heterocycles. The van der Waals surface area contributed by atoms with E-state index in [1.807, 2.05) is 19.4 Å². The van der Waals surface area contributed by atoms with E-state index in [1.165, 1.54) is 0 Å². The number of hydrogen-bond acceptors (Lipinski definition) is 3. The molecular formula is C14H24N4O. The first kappa shape index (κ1) is 14.1. The van der Waals surface area contributed by atoms with Gasteiger partial charge >= 0.3 is 0 Å². The molecule has 3 atom stereocenters. The van der Waals surface area contributed by atoms with Crippen LogP contribution >= 0.6 is 0 Å². The number of nitrogens with zero attached hydrogens (tertiary/aromatic N) is 2. The van der Waals surface area contributed by atoms with Gasteiger partial charge in [0.15, 0.2) is 0 Å². The number of nitrogens with two attached hydrogens (primary N) is 1. The van der Waals surface area contributed by atoms with E-state index in [0.29, 0.717) is 12.6 Å². The molecule has 1 aliphatic rings. The molecule has 5 nitrogen and oxygen atoms in total. The summed E-state index contributed by atoms with van der Waals surface area (Å²) in [5.74, 6) is 0.207. The lowest BCUT2D eigenvalue weighted by molar-refractivity contribution is -0.125. The summed E-state index contributed by atoms with van der Waals surface area (Å²) < 4.78 is 2.11. The number of carbonyl (C=O) groups excluding carboxylic acids is 1. The summed E-state index contributed by atoms with van der Waals surface area (Å²) in [6, 6.07) is 0.593. The Kier molecular flexibility index (Phi) is 4.96. The molecular weight excluding hydrogens is 240 g/mol. The number of rotatable bonds is 6. The second-order valence-corrected chi connectivity index (χ2v) is 5.46. The van der Waals surface area contributed by atoms with E-state index in [4.69, 9.17) is 5.73 Å². The predicted octanol–water partition coefficient (Wildman–Crippen LogP) is 1.47. The van der Waals surface area contributed by atoms with Gasteiger partial charge in [-0.05, 0) is 38.6 Å². The van der Waals surface area contributed by atoms with Crippen molar-refractivity contribution < 1.29 is 4.79 Å². The lowest BCUT2D eigenvalue weighted by atomic mass is 10.0. The lowest BCUT2D eigenvalue weighted by Crippen LogP contribution is -2.40. The van der Waals surface area contributed by atoms with E-state index in [1.54, 1.807) is 6.20 Å². The second-order valence-electron chi connectivity index (χ2n) is 5.46. The zero-order chi connectivity index (χ0) is 13.7. The normalized spacial score (nSPS) is 24.3. The molecule has 0 saturated heterocycles. The molecule has 3 unspecified atom stereocenters. The van der Waals surface area contributed by atoms with Crippen molar-refractivity contribution >= 4 is 5.91 Å². The second kappa shape index (κ2) is 6.70. The van der Waals surface area contributed by atoms with Crippen LogP contribution in [0.2, 0.25) is 0 Å². The molecule has 106 valence electrons. The molecule has 0 bridgehead atoms. The molecule has 19 heavy (non-hydrogen) atoms. The third-order valence-electron chi connectivity index (χ3n) is 4.00. The summed E-state index contributed by atoms with van der Waals surface area (Å²) in [4.78, 5) is 16.2. The molecule has 1 heterocycles. The minimum atomic E-state index is 0.0487. The molecule has 5 heteroatoms. The maximum atomic E-state index is 12.1. The van der Waals surface area contributed by atoms with Crippen molar-refractivity contribution in [2.24, 2.45) is 11.7 Å². The van der Waals surface area contributed by atoms with E-state index >= 15 is 0 Å². The maximum Gasteiger partial charge on any atom is 0.223 e. The van der Waals surface area contributed by atoms with Crippen LogP contribution in [0, 0.1) is 5.92 Å². The zero-order valence-corrected chi connectivity index (χ0v) is 11.6. The average molecular weight is 264 g/mol. The quantitative estimate of drug-likeness (QED) is 0.817. The highest BCUT2D eigenvalue weighted by atomic mass is 16.1. The summed E-state index contributed by atoms with van der Waals surface area (Å²) >= 11 is 0. The van der Waals surface area contributed by atoms with E-state index in [9.17, 15) is 4.79 Å². The predicted molar refractivity (Wildman–Crippen MR) is 74.5 cm³/mol. The van der Waals surface area contributed by atoms with Crippen molar-refractivity contribution in [3.05, 3.63) is 18.7 Å². The van der Waals surface area contributed by atoms with Gasteiger partial charge in [0, 0.05) is 24.4 Å². The third-order valence-corrected chi connectivity index (χ3v) is 4.00. The van der Waals surface area contributed by atoms with Gasteiger partial charge in [-0.15, -0.1) is 0 Å². The van der Waals surface area contributed by atoms with Crippen LogP contribution in [0.4, 0.5) is 0 Å². The van der Waals surface area contributed by atoms with E-state index < -0.39 is 0 Å². The first-order valence-electron chi connectivity index (χ1n) is 7.20. The molecule has 2 rings (SSSR count). The van der Waals surface area contributed by atoms with Crippen LogP contribution in [-0.2, 0) is 4.79 Å². The van der Waals surface area contributed by atoms with Gasteiger partial charge in [0.2, 0.25) is 5.91 Å². The smallest absolute Gasteiger partial charge is 0.223 e. The molecule has 1 amide bonds. The van der Waals surface area contributed by atoms with Crippen molar-refractivity contribution in [3.8, 4) is 0 Å². The summed E-state index contributed by atoms with van der Waals surface area (Å²) in [5, 5.41) is 3.20. The fourth-order valence-corrected chi connectivity index (χ4v) is 2.81. The van der Waals surface area contributed by atoms with Gasteiger partial charge in [-0.2, -0.15) is 0 Å². The highest BCUT2D eigenvalue weighted by Crippen LogP contribution is 2.30. The Bertz CT molecular complexity index is 390. The minimum Gasteiger partial charge on any atom is -0.351 e. The van der Waals surface area contributed by atoms with Crippen LogP contribution in [0.25, 0.3) is 0 Å². The highest BCUT2D eigenvalue weighted by molar-refractivity contribution is 5.78. The SMILES string of the molecule is CC(CCCN)C(=O)NC1CCCC1n1ccnc1. The number of amides is 1. The minimum absolute atomic E-state index is 0.0487. The van der Waals surface area contributed by atoms with Gasteiger partial charge in [-0.1, -0.05) is 6.92 Å². The molecule has 1 aliphatic carbocycles. The zero-order valence-electron chi connectivity index (χ0n) is 11.6. The first-order chi connectivity index (χ1) is 9.22. The van der Waals surface area contributed by atoms with Crippen LogP contribution in [0.1, 0.15) is 45.1 Å². The Morgan fingerprint density at radius 2 is 2.42 bits per heavy atom. The van der Waals surface area contributed by atoms with Crippen molar-refractivity contribution in [1.29, 1.82) is 0 Å². The molecule has 1 saturated carbocycles. The molecule has 0 radical (unpaired) electrons. The number of hydrogen-bond donors (Lipinski definition) is 2. The number of carbonyl (C=O) groups is 1. The van der Waals surface area contributed by atoms with Crippen molar-refractivity contribution in [3.63, 3.8) is 0 Å². The van der Waals surface area contributed by atoms with Crippen LogP contribution in [0.15, 0.2) is 18.7 Å². The van der Waals surface area contributed by atoms with E-state index in [2.05, 4.69) is 14.9 Å². The topological polar surface area (TPSA) is 72.9 Å². The van der Waals surface area contributed by atoms with E-state index in [-0.39, 0.29) is 17.9 Å². The monoisotopic (exact) mass is 264 g/mol. The van der Waals surface area contributed by atoms with Gasteiger partial charge in [0.1, 0.15) is 0 Å². The van der Waals surface area contributed by atoms with Crippen molar-refractivity contribution in [1.82, 2.24) is 14.9 Å². The molecule has 1 aromatic heterocycles. The largest absolute Gasteiger partial charge is 0.351 e. The van der Waals surface area contributed by atoms with Gasteiger partial charge in [-0.25, -0.2) is 4.98 Å². The Balaban J connectivity index is 1.89. The van der Waals surface area contributed by atoms with Crippen molar-refractivity contribution in [2.45, 2.75) is 51.1 Å². The lowest BCUT2D eigenvalue weighted by Gasteiger charge is -2.23. The fraction of sp³-hybridized carbons (Fsp3) is 0.714. The van der Waals surface area contributed by atoms with Gasteiger partial charge in [0.25, 0.3) is 0 Å². The highest BCUT2D eigenvalue weighted by Gasteiger charge is 2.30.